The molecule has 1 aliphatic heterocycles. The number of aldehydes is 8. The first-order chi connectivity index (χ1) is 39.1. The van der Waals surface area contributed by atoms with Gasteiger partial charge in [0.2, 0.25) is 0 Å². The minimum Gasteiger partial charge on any atom is -0.440 e. The minimum atomic E-state index is -4.83. The summed E-state index contributed by atoms with van der Waals surface area (Å²) in [5, 5.41) is 0. The van der Waals surface area contributed by atoms with Crippen LogP contribution < -0.4 is 37.1 Å². The molecule has 9 rings (SSSR count). The third kappa shape index (κ3) is 13.8. The van der Waals surface area contributed by atoms with E-state index in [4.69, 9.17) is 41.6 Å². The lowest BCUT2D eigenvalue weighted by molar-refractivity contribution is 0.0377. The lowest BCUT2D eigenvalue weighted by Crippen LogP contribution is -2.39. The second-order valence-electron chi connectivity index (χ2n) is 16.3. The van der Waals surface area contributed by atoms with Crippen LogP contribution in [0.25, 0.3) is 0 Å². The van der Waals surface area contributed by atoms with Crippen molar-refractivity contribution < 1.29 is 75.5 Å². The molecule has 0 aliphatic carbocycles. The Hall–Kier alpha value is -9.08. The summed E-state index contributed by atoms with van der Waals surface area (Å²) in [6.07, 6.45) is 5.10. The van der Waals surface area contributed by atoms with Crippen molar-refractivity contribution in [1.82, 2.24) is 13.8 Å². The maximum atomic E-state index is 12.1. The van der Waals surface area contributed by atoms with Gasteiger partial charge in [0.15, 0.2) is 0 Å². The number of carbonyl (C=O) groups is 8. The quantitative estimate of drug-likeness (QED) is 0.0404. The lowest BCUT2D eigenvalue weighted by atomic mass is 10.2. The van der Waals surface area contributed by atoms with Gasteiger partial charge in [-0.05, 0) is 194 Å². The Morgan fingerprint density at radius 2 is 0.537 bits per heavy atom. The molecule has 0 radical (unpaired) electrons. The van der Waals surface area contributed by atoms with E-state index >= 15 is 0 Å². The second-order valence-corrected chi connectivity index (χ2v) is 23.6. The Morgan fingerprint density at radius 3 is 0.850 bits per heavy atom. The van der Waals surface area contributed by atoms with Crippen LogP contribution in [-0.2, 0) is 0 Å². The van der Waals surface area contributed by atoms with Crippen LogP contribution in [0.4, 0.5) is 0 Å². The number of hydrogen-bond acceptors (Lipinski definition) is 20. The topological polar surface area (TPSA) is 232 Å². The predicted molar refractivity (Wildman–Crippen MR) is 295 cm³/mol. The Bertz CT molecular complexity index is 3470. The minimum absolute atomic E-state index is 0.0286. The summed E-state index contributed by atoms with van der Waals surface area (Å²) >= 11 is 0. The Morgan fingerprint density at radius 1 is 0.287 bits per heavy atom. The Kier molecular flexibility index (Phi) is 18.4. The number of carbonyl (C=O) groups excluding carboxylic acids is 8. The van der Waals surface area contributed by atoms with E-state index in [9.17, 15) is 38.4 Å². The van der Waals surface area contributed by atoms with Crippen molar-refractivity contribution in [3.8, 4) is 46.0 Å². The number of rotatable bonds is 24. The molecule has 0 N–H and O–H groups in total. The molecule has 8 aromatic carbocycles. The van der Waals surface area contributed by atoms with Crippen LogP contribution in [0.1, 0.15) is 82.9 Å². The van der Waals surface area contributed by atoms with E-state index in [0.717, 1.165) is 4.60 Å². The van der Waals surface area contributed by atoms with Gasteiger partial charge in [-0.2, -0.15) is 0 Å². The van der Waals surface area contributed by atoms with Gasteiger partial charge in [-0.1, -0.05) is 0 Å². The molecular formula is C56H40N4O16P4. The molecule has 80 heavy (non-hydrogen) atoms. The summed E-state index contributed by atoms with van der Waals surface area (Å²) < 4.78 is 44.5. The maximum Gasteiger partial charge on any atom is 0.447 e. The molecule has 0 bridgehead atoms. The van der Waals surface area contributed by atoms with E-state index in [0.29, 0.717) is 67.0 Å². The summed E-state index contributed by atoms with van der Waals surface area (Å²) in [5.41, 5.74) is 2.26. The van der Waals surface area contributed by atoms with Crippen molar-refractivity contribution in [2.75, 3.05) is 0 Å². The first-order valence-electron chi connectivity index (χ1n) is 23.5. The zero-order valence-corrected chi connectivity index (χ0v) is 44.8. The highest BCUT2D eigenvalue weighted by atomic mass is 31.3. The third-order valence-electron chi connectivity index (χ3n) is 10.8. The van der Waals surface area contributed by atoms with Crippen LogP contribution in [0.2, 0.25) is 0 Å². The lowest BCUT2D eigenvalue weighted by Gasteiger charge is -2.45. The van der Waals surface area contributed by atoms with Crippen molar-refractivity contribution in [1.29, 1.82) is 0 Å². The largest absolute Gasteiger partial charge is 0.447 e. The summed E-state index contributed by atoms with van der Waals surface area (Å²) in [4.78, 5) is 117. The molecule has 8 aromatic rings. The van der Waals surface area contributed by atoms with Gasteiger partial charge in [-0.15, -0.1) is 4.52 Å². The fourth-order valence-electron chi connectivity index (χ4n) is 6.77. The van der Waals surface area contributed by atoms with E-state index in [1.54, 1.807) is 0 Å². The van der Waals surface area contributed by atoms with Gasteiger partial charge in [-0.3, -0.25) is 38.4 Å². The molecule has 3 atom stereocenters. The standard InChI is InChI=1S/C56H40N4O16P4/c61-33-41-1-17-49(18-2-41)69-58-77(72-52-23-7-44(36-64)8-24-52)57-80(75-55-29-13-47(39-67)14-30-55,76-56-31-15-48(40-68)16-32-56)60(71-51-21-5-43(35-63)6-22-51)79(74-54-27-11-46(38-66)12-28-54)59(70-50-19-3-42(34-62)4-20-50)78(58)73-53-25-9-45(37-65)10-26-53/h1-40H. The molecule has 0 fully saturated rings. The fourth-order valence-corrected chi connectivity index (χ4v) is 16.5. The van der Waals surface area contributed by atoms with Crippen molar-refractivity contribution >= 4 is 83.3 Å². The van der Waals surface area contributed by atoms with Crippen molar-refractivity contribution in [3.63, 3.8) is 0 Å². The average Bonchev–Trinajstić information content (AvgIpc) is 3.53. The zero-order valence-electron chi connectivity index (χ0n) is 41.2. The van der Waals surface area contributed by atoms with Crippen molar-refractivity contribution in [2.45, 2.75) is 0 Å². The summed E-state index contributed by atoms with van der Waals surface area (Å²) in [6.45, 7) is 0. The first kappa shape index (κ1) is 55.7. The molecule has 1 aliphatic rings. The van der Waals surface area contributed by atoms with Gasteiger partial charge in [0, 0.05) is 58.3 Å². The molecule has 400 valence electrons. The summed E-state index contributed by atoms with van der Waals surface area (Å²) in [6, 6.07) is 47.7. The van der Waals surface area contributed by atoms with Gasteiger partial charge in [0.25, 0.3) is 0 Å². The van der Waals surface area contributed by atoms with Crippen LogP contribution in [0, 0.1) is 0 Å². The summed E-state index contributed by atoms with van der Waals surface area (Å²) in [5.74, 6) is 0.535. The van der Waals surface area contributed by atoms with Gasteiger partial charge < -0.3 is 37.1 Å². The highest BCUT2D eigenvalue weighted by Crippen LogP contribution is 2.78. The summed E-state index contributed by atoms with van der Waals surface area (Å²) in [7, 11) is -13.8. The fraction of sp³-hybridized carbons (Fsp3) is 0. The van der Waals surface area contributed by atoms with Crippen molar-refractivity contribution in [3.05, 3.63) is 239 Å². The van der Waals surface area contributed by atoms with Crippen LogP contribution in [0.5, 0.6) is 46.0 Å². The highest BCUT2D eigenvalue weighted by molar-refractivity contribution is 7.78. The average molecular weight is 1150 g/mol. The van der Waals surface area contributed by atoms with Gasteiger partial charge in [0.1, 0.15) is 96.3 Å². The molecule has 0 spiro atoms. The zero-order chi connectivity index (χ0) is 55.8. The van der Waals surface area contributed by atoms with E-state index in [-0.39, 0.29) is 73.8 Å². The Labute approximate surface area is 459 Å². The molecule has 0 saturated carbocycles. The molecule has 1 heterocycles. The molecule has 3 unspecified atom stereocenters. The molecule has 0 saturated heterocycles. The van der Waals surface area contributed by atoms with Gasteiger partial charge >= 0.3 is 33.0 Å². The van der Waals surface area contributed by atoms with Gasteiger partial charge in [0.05, 0.1) is 0 Å². The molecular weight excluding hydrogens is 1110 g/mol. The molecule has 24 heteroatoms. The van der Waals surface area contributed by atoms with Crippen LogP contribution in [0.15, 0.2) is 199 Å². The van der Waals surface area contributed by atoms with E-state index < -0.39 is 33.0 Å². The van der Waals surface area contributed by atoms with E-state index in [1.807, 2.05) is 0 Å². The molecule has 0 aromatic heterocycles. The highest BCUT2D eigenvalue weighted by Gasteiger charge is 2.59. The van der Waals surface area contributed by atoms with Crippen LogP contribution in [0.3, 0.4) is 0 Å². The van der Waals surface area contributed by atoms with Crippen LogP contribution >= 0.6 is 33.0 Å². The van der Waals surface area contributed by atoms with Crippen molar-refractivity contribution in [2.24, 2.45) is 4.52 Å². The number of hydrogen-bond donors (Lipinski definition) is 0. The molecule has 0 amide bonds. The smallest absolute Gasteiger partial charge is 0.440 e. The molecule has 20 nitrogen and oxygen atoms in total. The van der Waals surface area contributed by atoms with E-state index in [2.05, 4.69) is 0 Å². The number of benzene rings is 8. The number of nitrogens with zero attached hydrogens (tertiary/aromatic N) is 4. The SMILES string of the molecule is O=Cc1ccc(ON2P(Oc3ccc(C=O)cc3)N=P(Oc3ccc(C=O)cc3)(Oc3ccc(C=O)cc3)N(Oc3ccc(C=O)cc3)P(Oc3ccc(C=O)cc3)N(Oc3ccc(C=O)cc3)P2Oc2ccc(C=O)cc2)cc1. The van der Waals surface area contributed by atoms with E-state index in [1.165, 1.54) is 203 Å². The van der Waals surface area contributed by atoms with Gasteiger partial charge in [-0.25, -0.2) is 0 Å². The third-order valence-corrected chi connectivity index (χ3v) is 19.7. The normalized spacial score (nSPS) is 16.1. The monoisotopic (exact) mass is 1150 g/mol. The Balaban J connectivity index is 1.43. The van der Waals surface area contributed by atoms with Crippen LogP contribution in [-0.4, -0.2) is 64.1 Å². The maximum absolute atomic E-state index is 12.1. The predicted octanol–water partition coefficient (Wildman–Crippen LogP) is 13.4. The first-order valence-corrected chi connectivity index (χ1v) is 28.5. The second kappa shape index (κ2) is 26.5.